The van der Waals surface area contributed by atoms with Gasteiger partial charge in [-0.3, -0.25) is 14.7 Å². The summed E-state index contributed by atoms with van der Waals surface area (Å²) in [6.45, 7) is 6.08. The largest absolute Gasteiger partial charge is 0.392 e. The minimum absolute atomic E-state index is 0.0262. The molecule has 3 fully saturated rings. The van der Waals surface area contributed by atoms with Crippen molar-refractivity contribution in [1.29, 1.82) is 0 Å². The maximum Gasteiger partial charge on any atom is 0.253 e. The van der Waals surface area contributed by atoms with Crippen LogP contribution in [-0.2, 0) is 22.6 Å². The summed E-state index contributed by atoms with van der Waals surface area (Å²) in [5.74, 6) is -0.145. The number of likely N-dealkylation sites (tertiary alicyclic amines) is 2. The van der Waals surface area contributed by atoms with Gasteiger partial charge in [-0.1, -0.05) is 60.7 Å². The number of amides is 1. The molecule has 8 nitrogen and oxygen atoms in total. The Hall–Kier alpha value is -3.92. The third-order valence-electron chi connectivity index (χ3n) is 10.0. The number of nitrogens with zero attached hydrogens (tertiary/aromatic N) is 3. The molecule has 48 heavy (non-hydrogen) atoms. The molecule has 8 heteroatoms. The number of hydrogen-bond acceptors (Lipinski definition) is 7. The second-order valence-corrected chi connectivity index (χ2v) is 13.4. The maximum atomic E-state index is 12.6. The van der Waals surface area contributed by atoms with Gasteiger partial charge in [0.05, 0.1) is 24.4 Å². The van der Waals surface area contributed by atoms with Crippen LogP contribution in [-0.4, -0.2) is 70.7 Å². The van der Waals surface area contributed by atoms with Crippen LogP contribution < -0.4 is 5.32 Å². The summed E-state index contributed by atoms with van der Waals surface area (Å²) in [7, 11) is 0. The molecule has 0 aliphatic carbocycles. The number of benzene rings is 3. The van der Waals surface area contributed by atoms with Crippen molar-refractivity contribution in [2.24, 2.45) is 0 Å². The van der Waals surface area contributed by atoms with Gasteiger partial charge in [-0.05, 0) is 97.4 Å². The van der Waals surface area contributed by atoms with Crippen LogP contribution in [0.5, 0.6) is 0 Å². The number of nitrogens with one attached hydrogen (secondary N) is 1. The Morgan fingerprint density at radius 2 is 1.65 bits per heavy atom. The summed E-state index contributed by atoms with van der Waals surface area (Å²) in [5.41, 5.74) is 6.68. The molecule has 250 valence electrons. The molecule has 3 aliphatic rings. The highest BCUT2D eigenvalue weighted by Gasteiger charge is 2.36. The Balaban J connectivity index is 1.08. The summed E-state index contributed by atoms with van der Waals surface area (Å²) in [6.07, 6.45) is 8.56. The van der Waals surface area contributed by atoms with Gasteiger partial charge >= 0.3 is 0 Å². The van der Waals surface area contributed by atoms with Crippen LogP contribution in [0.2, 0.25) is 0 Å². The first kappa shape index (κ1) is 32.6. The van der Waals surface area contributed by atoms with Gasteiger partial charge in [0, 0.05) is 50.1 Å². The first-order chi connectivity index (χ1) is 23.6. The predicted octanol–water partition coefficient (Wildman–Crippen LogP) is 6.28. The van der Waals surface area contributed by atoms with Crippen LogP contribution in [0.3, 0.4) is 0 Å². The summed E-state index contributed by atoms with van der Waals surface area (Å²) >= 11 is 0. The van der Waals surface area contributed by atoms with Crippen molar-refractivity contribution in [3.8, 4) is 11.1 Å². The molecule has 1 amide bonds. The van der Waals surface area contributed by atoms with Crippen LogP contribution in [0.4, 0.5) is 0 Å². The molecule has 0 bridgehead atoms. The van der Waals surface area contributed by atoms with Crippen LogP contribution >= 0.6 is 0 Å². The molecular formula is C40H46N4O4. The van der Waals surface area contributed by atoms with Gasteiger partial charge in [-0.15, -0.1) is 0 Å². The Morgan fingerprint density at radius 1 is 0.833 bits per heavy atom. The van der Waals surface area contributed by atoms with Crippen LogP contribution in [0.25, 0.3) is 11.1 Å². The number of hydrogen-bond donors (Lipinski definition) is 2. The van der Waals surface area contributed by atoms with E-state index in [0.29, 0.717) is 18.2 Å². The molecule has 0 saturated carbocycles. The zero-order chi connectivity index (χ0) is 32.7. The molecule has 1 aromatic heterocycles. The minimum atomic E-state index is -0.507. The number of aliphatic hydroxyl groups is 1. The summed E-state index contributed by atoms with van der Waals surface area (Å²) in [4.78, 5) is 21.9. The zero-order valence-corrected chi connectivity index (χ0v) is 27.5. The van der Waals surface area contributed by atoms with E-state index in [1.165, 1.54) is 38.8 Å². The molecule has 4 atom stereocenters. The van der Waals surface area contributed by atoms with Crippen LogP contribution in [0.1, 0.15) is 77.1 Å². The van der Waals surface area contributed by atoms with E-state index in [1.54, 1.807) is 24.5 Å². The Kier molecular flexibility index (Phi) is 10.6. The molecule has 3 saturated heterocycles. The van der Waals surface area contributed by atoms with Gasteiger partial charge in [-0.2, -0.15) is 0 Å². The third-order valence-corrected chi connectivity index (χ3v) is 10.0. The Labute approximate surface area is 283 Å². The standard InChI is InChI=1S/C40H46N4O4/c45-28-29-13-15-31(16-14-29)38-23-37(27-44-20-6-12-36(44)26-43-18-1-2-19-43)47-40(48-38)34-10-4-9-33(22-34)32-8-3-7-30(21-32)24-42-39(46)35-11-5-17-41-25-35/h3-5,7-11,13-17,21-22,25,36-38,40,45H,1-2,6,12,18-20,23-24,26-28H2,(H,42,46). The van der Waals surface area contributed by atoms with Crippen molar-refractivity contribution >= 4 is 5.91 Å². The third kappa shape index (κ3) is 8.02. The quantitative estimate of drug-likeness (QED) is 0.199. The van der Waals surface area contributed by atoms with Crippen LogP contribution in [0.15, 0.2) is 97.3 Å². The summed E-state index contributed by atoms with van der Waals surface area (Å²) in [5, 5.41) is 12.6. The fraction of sp³-hybridized carbons (Fsp3) is 0.400. The zero-order valence-electron chi connectivity index (χ0n) is 27.5. The Morgan fingerprint density at radius 3 is 2.44 bits per heavy atom. The molecular weight excluding hydrogens is 600 g/mol. The molecule has 4 aromatic rings. The summed E-state index contributed by atoms with van der Waals surface area (Å²) in [6, 6.07) is 28.9. The van der Waals surface area contributed by atoms with Crippen molar-refractivity contribution in [2.75, 3.05) is 32.7 Å². The van der Waals surface area contributed by atoms with E-state index in [1.807, 2.05) is 24.3 Å². The highest BCUT2D eigenvalue weighted by Crippen LogP contribution is 2.39. The SMILES string of the molecule is O=C(NCc1cccc(-c2cccc(C3OC(CN4CCCC4CN4CCCC4)CC(c4ccc(CO)cc4)O3)c2)c1)c1cccnc1. The number of pyridine rings is 1. The number of ether oxygens (including phenoxy) is 2. The van der Waals surface area contributed by atoms with Gasteiger partial charge in [0.15, 0.2) is 6.29 Å². The lowest BCUT2D eigenvalue weighted by molar-refractivity contribution is -0.253. The van der Waals surface area contributed by atoms with Gasteiger partial charge in [0.25, 0.3) is 5.91 Å². The number of carbonyl (C=O) groups excluding carboxylic acids is 1. The van der Waals surface area contributed by atoms with E-state index in [2.05, 4.69) is 68.6 Å². The predicted molar refractivity (Wildman–Crippen MR) is 186 cm³/mol. The topological polar surface area (TPSA) is 87.2 Å². The van der Waals surface area contributed by atoms with E-state index in [0.717, 1.165) is 59.4 Å². The van der Waals surface area contributed by atoms with E-state index in [4.69, 9.17) is 9.47 Å². The van der Waals surface area contributed by atoms with Gasteiger partial charge in [0.1, 0.15) is 0 Å². The molecule has 0 radical (unpaired) electrons. The second-order valence-electron chi connectivity index (χ2n) is 13.4. The lowest BCUT2D eigenvalue weighted by Gasteiger charge is -2.39. The average Bonchev–Trinajstić information content (AvgIpc) is 3.83. The lowest BCUT2D eigenvalue weighted by Crippen LogP contribution is -2.45. The maximum absolute atomic E-state index is 12.6. The number of aromatic nitrogens is 1. The van der Waals surface area contributed by atoms with E-state index < -0.39 is 6.29 Å². The van der Waals surface area contributed by atoms with Crippen molar-refractivity contribution in [2.45, 2.75) is 69.8 Å². The average molecular weight is 647 g/mol. The molecule has 3 aromatic carbocycles. The van der Waals surface area contributed by atoms with Gasteiger partial charge in [0.2, 0.25) is 0 Å². The first-order valence-electron chi connectivity index (χ1n) is 17.5. The fourth-order valence-corrected chi connectivity index (χ4v) is 7.41. The normalized spacial score (nSPS) is 23.4. The molecule has 4 unspecified atom stereocenters. The second kappa shape index (κ2) is 15.5. The molecule has 2 N–H and O–H groups in total. The van der Waals surface area contributed by atoms with Crippen molar-refractivity contribution in [1.82, 2.24) is 20.1 Å². The first-order valence-corrected chi connectivity index (χ1v) is 17.5. The highest BCUT2D eigenvalue weighted by atomic mass is 16.7. The Bertz CT molecular complexity index is 1640. The summed E-state index contributed by atoms with van der Waals surface area (Å²) < 4.78 is 13.5. The molecule has 7 rings (SSSR count). The monoisotopic (exact) mass is 646 g/mol. The van der Waals surface area contributed by atoms with E-state index >= 15 is 0 Å². The van der Waals surface area contributed by atoms with Crippen molar-refractivity contribution in [3.05, 3.63) is 125 Å². The van der Waals surface area contributed by atoms with Crippen molar-refractivity contribution in [3.63, 3.8) is 0 Å². The molecule has 3 aliphatic heterocycles. The van der Waals surface area contributed by atoms with Crippen LogP contribution in [0, 0.1) is 0 Å². The smallest absolute Gasteiger partial charge is 0.253 e. The number of aliphatic hydroxyl groups excluding tert-OH is 1. The molecule has 0 spiro atoms. The van der Waals surface area contributed by atoms with E-state index in [-0.39, 0.29) is 24.7 Å². The van der Waals surface area contributed by atoms with Gasteiger partial charge in [-0.25, -0.2) is 0 Å². The molecule has 4 heterocycles. The van der Waals surface area contributed by atoms with Crippen molar-refractivity contribution < 1.29 is 19.4 Å². The highest BCUT2D eigenvalue weighted by molar-refractivity contribution is 5.93. The fourth-order valence-electron chi connectivity index (χ4n) is 7.41. The van der Waals surface area contributed by atoms with Gasteiger partial charge < -0.3 is 24.8 Å². The minimum Gasteiger partial charge on any atom is -0.392 e. The van der Waals surface area contributed by atoms with E-state index in [9.17, 15) is 9.90 Å². The number of rotatable bonds is 11. The lowest BCUT2D eigenvalue weighted by atomic mass is 9.98. The number of carbonyl (C=O) groups is 1.